The number of hydrogen-bond donors (Lipinski definition) is 1. The van der Waals surface area contributed by atoms with Crippen LogP contribution in [0.1, 0.15) is 29.3 Å². The van der Waals surface area contributed by atoms with Gasteiger partial charge in [0.25, 0.3) is 0 Å². The van der Waals surface area contributed by atoms with Gasteiger partial charge in [0.15, 0.2) is 0 Å². The number of ether oxygens (including phenoxy) is 1. The summed E-state index contributed by atoms with van der Waals surface area (Å²) in [4.78, 5) is 2.53. The summed E-state index contributed by atoms with van der Waals surface area (Å²) >= 11 is 0. The van der Waals surface area contributed by atoms with Gasteiger partial charge in [0.2, 0.25) is 0 Å². The summed E-state index contributed by atoms with van der Waals surface area (Å²) in [5, 5.41) is 7.65. The van der Waals surface area contributed by atoms with E-state index in [1.165, 1.54) is 17.7 Å². The summed E-state index contributed by atoms with van der Waals surface area (Å²) < 4.78 is 18.8. The average Bonchev–Trinajstić information content (AvgIpc) is 3.37. The maximum Gasteiger partial charge on any atom is 0.126 e. The van der Waals surface area contributed by atoms with Gasteiger partial charge in [0.1, 0.15) is 11.6 Å². The monoisotopic (exact) mass is 379 g/mol. The Morgan fingerprint density at radius 1 is 1.07 bits per heavy atom. The number of hydrogen-bond acceptors (Lipinski definition) is 3. The molecule has 1 N–H and O–H groups in total. The molecule has 3 aromatic rings. The summed E-state index contributed by atoms with van der Waals surface area (Å²) in [5.74, 6) is 0.772. The van der Waals surface area contributed by atoms with Crippen LogP contribution in [0.3, 0.4) is 0 Å². The van der Waals surface area contributed by atoms with Gasteiger partial charge >= 0.3 is 0 Å². The molecule has 0 spiro atoms. The first-order valence-corrected chi connectivity index (χ1v) is 9.95. The molecule has 1 saturated heterocycles. The minimum absolute atomic E-state index is 0.278. The molecule has 2 aromatic carbocycles. The molecule has 0 aliphatic carbocycles. The third-order valence-electron chi connectivity index (χ3n) is 5.34. The first-order valence-electron chi connectivity index (χ1n) is 9.95. The van der Waals surface area contributed by atoms with Crippen molar-refractivity contribution in [2.24, 2.45) is 0 Å². The summed E-state index contributed by atoms with van der Waals surface area (Å²) in [5.41, 5.74) is 3.60. The maximum absolute atomic E-state index is 13.2. The predicted molar refractivity (Wildman–Crippen MR) is 108 cm³/mol. The van der Waals surface area contributed by atoms with Crippen molar-refractivity contribution in [1.82, 2.24) is 15.1 Å². The fourth-order valence-corrected chi connectivity index (χ4v) is 3.76. The molecule has 2 heterocycles. The van der Waals surface area contributed by atoms with Crippen LogP contribution in [0.5, 0.6) is 5.75 Å². The number of aromatic nitrogens is 2. The molecule has 0 radical (unpaired) electrons. The van der Waals surface area contributed by atoms with E-state index in [0.717, 1.165) is 50.3 Å². The van der Waals surface area contributed by atoms with Crippen molar-refractivity contribution in [2.75, 3.05) is 26.2 Å². The van der Waals surface area contributed by atoms with Crippen LogP contribution >= 0.6 is 0 Å². The molecule has 5 heteroatoms. The fourth-order valence-electron chi connectivity index (χ4n) is 3.76. The minimum atomic E-state index is -0.278. The quantitative estimate of drug-likeness (QED) is 0.638. The summed E-state index contributed by atoms with van der Waals surface area (Å²) in [6.07, 6.45) is 2.98. The molecule has 28 heavy (non-hydrogen) atoms. The van der Waals surface area contributed by atoms with E-state index in [4.69, 9.17) is 4.74 Å². The first kappa shape index (κ1) is 18.7. The number of aromatic amines is 1. The second-order valence-corrected chi connectivity index (χ2v) is 7.40. The molecule has 1 fully saturated rings. The van der Waals surface area contributed by atoms with Gasteiger partial charge in [-0.1, -0.05) is 36.4 Å². The van der Waals surface area contributed by atoms with Crippen LogP contribution in [-0.4, -0.2) is 41.3 Å². The van der Waals surface area contributed by atoms with E-state index in [0.29, 0.717) is 18.3 Å². The SMILES string of the molecule is Fc1cccc(OCCc2cc([C@H]3CCN(CCc4ccccc4)C3)n[nH]2)c1. The number of nitrogens with zero attached hydrogens (tertiary/aromatic N) is 2. The lowest BCUT2D eigenvalue weighted by molar-refractivity contribution is 0.319. The van der Waals surface area contributed by atoms with E-state index in [2.05, 4.69) is 51.5 Å². The minimum Gasteiger partial charge on any atom is -0.493 e. The highest BCUT2D eigenvalue weighted by atomic mass is 19.1. The Labute approximate surface area is 165 Å². The molecule has 146 valence electrons. The van der Waals surface area contributed by atoms with Crippen LogP contribution in [0.25, 0.3) is 0 Å². The lowest BCUT2D eigenvalue weighted by Gasteiger charge is -2.15. The average molecular weight is 379 g/mol. The molecule has 0 amide bonds. The van der Waals surface area contributed by atoms with E-state index in [1.807, 2.05) is 0 Å². The van der Waals surface area contributed by atoms with Crippen molar-refractivity contribution >= 4 is 0 Å². The van der Waals surface area contributed by atoms with Crippen molar-refractivity contribution in [3.8, 4) is 5.75 Å². The highest BCUT2D eigenvalue weighted by Gasteiger charge is 2.25. The summed E-state index contributed by atoms with van der Waals surface area (Å²) in [6.45, 7) is 3.79. The van der Waals surface area contributed by atoms with Gasteiger partial charge in [-0.25, -0.2) is 4.39 Å². The molecule has 1 aromatic heterocycles. The van der Waals surface area contributed by atoms with Crippen molar-refractivity contribution in [2.45, 2.75) is 25.2 Å². The Morgan fingerprint density at radius 3 is 2.82 bits per heavy atom. The Balaban J connectivity index is 1.23. The van der Waals surface area contributed by atoms with Crippen molar-refractivity contribution in [1.29, 1.82) is 0 Å². The van der Waals surface area contributed by atoms with Gasteiger partial charge in [-0.3, -0.25) is 5.10 Å². The van der Waals surface area contributed by atoms with Crippen molar-refractivity contribution in [3.05, 3.63) is 83.4 Å². The van der Waals surface area contributed by atoms with Crippen LogP contribution in [0.4, 0.5) is 4.39 Å². The number of H-pyrrole nitrogens is 1. The van der Waals surface area contributed by atoms with Crippen LogP contribution in [0, 0.1) is 5.82 Å². The van der Waals surface area contributed by atoms with E-state index < -0.39 is 0 Å². The summed E-state index contributed by atoms with van der Waals surface area (Å²) in [6, 6.07) is 19.1. The van der Waals surface area contributed by atoms with Crippen LogP contribution in [0.2, 0.25) is 0 Å². The molecular formula is C23H26FN3O. The van der Waals surface area contributed by atoms with Crippen molar-refractivity contribution in [3.63, 3.8) is 0 Å². The Kier molecular flexibility index (Phi) is 6.02. The zero-order valence-electron chi connectivity index (χ0n) is 16.0. The highest BCUT2D eigenvalue weighted by Crippen LogP contribution is 2.26. The van der Waals surface area contributed by atoms with Gasteiger partial charge < -0.3 is 9.64 Å². The van der Waals surface area contributed by atoms with E-state index >= 15 is 0 Å². The summed E-state index contributed by atoms with van der Waals surface area (Å²) in [7, 11) is 0. The van der Waals surface area contributed by atoms with Gasteiger partial charge in [0, 0.05) is 37.2 Å². The normalized spacial score (nSPS) is 17.1. The zero-order chi connectivity index (χ0) is 19.2. The molecule has 1 aliphatic heterocycles. The van der Waals surface area contributed by atoms with Gasteiger partial charge in [-0.15, -0.1) is 0 Å². The van der Waals surface area contributed by atoms with E-state index in [1.54, 1.807) is 12.1 Å². The number of likely N-dealkylation sites (tertiary alicyclic amines) is 1. The lowest BCUT2D eigenvalue weighted by Crippen LogP contribution is -2.23. The number of rotatable bonds is 8. The third kappa shape index (κ3) is 4.98. The number of benzene rings is 2. The lowest BCUT2D eigenvalue weighted by atomic mass is 10.0. The van der Waals surface area contributed by atoms with E-state index in [9.17, 15) is 4.39 Å². The first-order chi connectivity index (χ1) is 13.8. The van der Waals surface area contributed by atoms with E-state index in [-0.39, 0.29) is 5.82 Å². The van der Waals surface area contributed by atoms with Crippen LogP contribution < -0.4 is 4.74 Å². The second kappa shape index (κ2) is 9.02. The topological polar surface area (TPSA) is 41.1 Å². The molecule has 1 aliphatic rings. The number of halogens is 1. The molecule has 4 rings (SSSR count). The predicted octanol–water partition coefficient (Wildman–Crippen LogP) is 4.20. The van der Waals surface area contributed by atoms with Crippen LogP contribution in [-0.2, 0) is 12.8 Å². The van der Waals surface area contributed by atoms with Gasteiger partial charge in [-0.2, -0.15) is 5.10 Å². The maximum atomic E-state index is 13.2. The Morgan fingerprint density at radius 2 is 1.96 bits per heavy atom. The van der Waals surface area contributed by atoms with Crippen molar-refractivity contribution < 1.29 is 9.13 Å². The van der Waals surface area contributed by atoms with Gasteiger partial charge in [-0.05, 0) is 43.1 Å². The molecule has 0 unspecified atom stereocenters. The molecule has 0 saturated carbocycles. The molecule has 1 atom stereocenters. The smallest absolute Gasteiger partial charge is 0.126 e. The number of nitrogens with one attached hydrogen (secondary N) is 1. The molecular weight excluding hydrogens is 353 g/mol. The standard InChI is InChI=1S/C23H26FN3O/c24-20-7-4-8-22(15-20)28-14-11-21-16-23(26-25-21)19-10-13-27(17-19)12-9-18-5-2-1-3-6-18/h1-8,15-16,19H,9-14,17H2,(H,25,26)/t19-/m0/s1. The second-order valence-electron chi connectivity index (χ2n) is 7.40. The van der Waals surface area contributed by atoms with Crippen LogP contribution in [0.15, 0.2) is 60.7 Å². The zero-order valence-corrected chi connectivity index (χ0v) is 16.0. The molecule has 4 nitrogen and oxygen atoms in total. The molecule has 0 bridgehead atoms. The largest absolute Gasteiger partial charge is 0.493 e. The highest BCUT2D eigenvalue weighted by molar-refractivity contribution is 5.22. The Hall–Kier alpha value is -2.66. The fraction of sp³-hybridized carbons (Fsp3) is 0.348. The third-order valence-corrected chi connectivity index (χ3v) is 5.34. The Bertz CT molecular complexity index is 880. The van der Waals surface area contributed by atoms with Gasteiger partial charge in [0.05, 0.1) is 12.3 Å².